The zero-order valence-electron chi connectivity index (χ0n) is 19.7. The zero-order chi connectivity index (χ0) is 23.6. The predicted molar refractivity (Wildman–Crippen MR) is 130 cm³/mol. The van der Waals surface area contributed by atoms with Crippen molar-refractivity contribution >= 4 is 11.6 Å². The van der Waals surface area contributed by atoms with Gasteiger partial charge in [-0.3, -0.25) is 4.79 Å². The maximum atomic E-state index is 12.5. The summed E-state index contributed by atoms with van der Waals surface area (Å²) in [5.74, 6) is -0.170. The van der Waals surface area contributed by atoms with Gasteiger partial charge in [0.1, 0.15) is 0 Å². The molecule has 0 aliphatic rings. The maximum Gasteiger partial charge on any atom is 0.251 e. The average Bonchev–Trinajstić information content (AvgIpc) is 2.80. The molecule has 0 spiro atoms. The van der Waals surface area contributed by atoms with Gasteiger partial charge in [-0.1, -0.05) is 32.0 Å². The van der Waals surface area contributed by atoms with Crippen molar-refractivity contribution in [2.45, 2.75) is 58.6 Å². The summed E-state index contributed by atoms with van der Waals surface area (Å²) in [6.45, 7) is 10.0. The van der Waals surface area contributed by atoms with E-state index in [2.05, 4.69) is 28.9 Å². The lowest BCUT2D eigenvalue weighted by Crippen LogP contribution is -2.42. The van der Waals surface area contributed by atoms with Gasteiger partial charge in [-0.05, 0) is 75.0 Å². The second-order valence-corrected chi connectivity index (χ2v) is 8.70. The van der Waals surface area contributed by atoms with E-state index in [0.29, 0.717) is 30.6 Å². The van der Waals surface area contributed by atoms with E-state index in [1.54, 1.807) is 12.1 Å². The number of carbonyl (C=O) groups is 1. The summed E-state index contributed by atoms with van der Waals surface area (Å²) in [6, 6.07) is 15.3. The Morgan fingerprint density at radius 3 is 2.62 bits per heavy atom. The highest BCUT2D eigenvalue weighted by Gasteiger charge is 2.19. The molecule has 0 aromatic heterocycles. The lowest BCUT2D eigenvalue weighted by molar-refractivity contribution is 0.0911. The van der Waals surface area contributed by atoms with Gasteiger partial charge in [0.05, 0.1) is 17.7 Å². The molecule has 0 saturated carbocycles. The molecule has 1 unspecified atom stereocenters. The topological polar surface area (TPSA) is 97.2 Å². The molecule has 0 fully saturated rings. The molecular formula is C26H36N4O2. The van der Waals surface area contributed by atoms with Crippen LogP contribution in [0.5, 0.6) is 0 Å². The molecule has 1 amide bonds. The van der Waals surface area contributed by atoms with Crippen LogP contribution in [0.4, 0.5) is 5.69 Å². The van der Waals surface area contributed by atoms with E-state index in [1.165, 1.54) is 0 Å². The van der Waals surface area contributed by atoms with Crippen LogP contribution in [-0.4, -0.2) is 36.2 Å². The molecule has 2 aromatic rings. The molecule has 4 N–H and O–H groups in total. The van der Waals surface area contributed by atoms with E-state index in [1.807, 2.05) is 51.1 Å². The van der Waals surface area contributed by atoms with Crippen molar-refractivity contribution in [1.29, 1.82) is 5.26 Å². The summed E-state index contributed by atoms with van der Waals surface area (Å²) in [5.41, 5.74) is 3.45. The Kier molecular flexibility index (Phi) is 9.70. The first-order valence-corrected chi connectivity index (χ1v) is 11.4. The molecule has 0 radical (unpaired) electrons. The minimum Gasteiger partial charge on any atom is -0.387 e. The summed E-state index contributed by atoms with van der Waals surface area (Å²) < 4.78 is 0. The second-order valence-electron chi connectivity index (χ2n) is 8.70. The minimum atomic E-state index is -0.609. The lowest BCUT2D eigenvalue weighted by atomic mass is 9.99. The van der Waals surface area contributed by atoms with Gasteiger partial charge in [-0.2, -0.15) is 5.26 Å². The van der Waals surface area contributed by atoms with E-state index in [0.717, 1.165) is 36.2 Å². The van der Waals surface area contributed by atoms with Gasteiger partial charge in [0.2, 0.25) is 0 Å². The summed E-state index contributed by atoms with van der Waals surface area (Å²) in [4.78, 5) is 12.5. The number of aliphatic hydroxyl groups is 1. The Morgan fingerprint density at radius 1 is 1.16 bits per heavy atom. The fourth-order valence-corrected chi connectivity index (χ4v) is 3.21. The standard InChI is InChI=1S/C26H36N4O2/c1-5-13-29-23-9-7-8-20(16-23)24(31)18-28-14-12-19-10-11-21(15-22(19)17-27)25(32)30-26(3,4)6-2/h7-11,15-16,24,28-29,31H,5-6,12-14,18H2,1-4H3,(H,30,32). The summed E-state index contributed by atoms with van der Waals surface area (Å²) in [5, 5.41) is 29.6. The number of anilines is 1. The van der Waals surface area contributed by atoms with Crippen LogP contribution in [0.15, 0.2) is 42.5 Å². The van der Waals surface area contributed by atoms with E-state index in [9.17, 15) is 15.2 Å². The van der Waals surface area contributed by atoms with Crippen LogP contribution >= 0.6 is 0 Å². The molecular weight excluding hydrogens is 400 g/mol. The zero-order valence-corrected chi connectivity index (χ0v) is 19.7. The number of hydrogen-bond donors (Lipinski definition) is 4. The third-order valence-corrected chi connectivity index (χ3v) is 5.59. The number of nitriles is 1. The summed E-state index contributed by atoms with van der Waals surface area (Å²) >= 11 is 0. The normalized spacial score (nSPS) is 12.1. The predicted octanol–water partition coefficient (Wildman–Crippen LogP) is 4.16. The molecule has 1 atom stereocenters. The highest BCUT2D eigenvalue weighted by atomic mass is 16.3. The molecule has 6 nitrogen and oxygen atoms in total. The van der Waals surface area contributed by atoms with Crippen LogP contribution in [0.25, 0.3) is 0 Å². The van der Waals surface area contributed by atoms with Crippen LogP contribution in [0.2, 0.25) is 0 Å². The Balaban J connectivity index is 1.90. The molecule has 0 aliphatic carbocycles. The quantitative estimate of drug-likeness (QED) is 0.375. The number of benzene rings is 2. The van der Waals surface area contributed by atoms with Crippen LogP contribution < -0.4 is 16.0 Å². The van der Waals surface area contributed by atoms with Gasteiger partial charge in [-0.15, -0.1) is 0 Å². The highest BCUT2D eigenvalue weighted by molar-refractivity contribution is 5.95. The summed E-state index contributed by atoms with van der Waals surface area (Å²) in [7, 11) is 0. The van der Waals surface area contributed by atoms with E-state index < -0.39 is 6.10 Å². The third-order valence-electron chi connectivity index (χ3n) is 5.59. The van der Waals surface area contributed by atoms with Gasteiger partial charge < -0.3 is 21.1 Å². The van der Waals surface area contributed by atoms with Crippen molar-refractivity contribution < 1.29 is 9.90 Å². The fraction of sp³-hybridized carbons (Fsp3) is 0.462. The monoisotopic (exact) mass is 436 g/mol. The largest absolute Gasteiger partial charge is 0.387 e. The van der Waals surface area contributed by atoms with E-state index in [4.69, 9.17) is 0 Å². The Bertz CT molecular complexity index is 934. The number of rotatable bonds is 12. The molecule has 2 rings (SSSR count). The van der Waals surface area contributed by atoms with Crippen LogP contribution in [-0.2, 0) is 6.42 Å². The molecule has 32 heavy (non-hydrogen) atoms. The van der Waals surface area contributed by atoms with Crippen LogP contribution in [0, 0.1) is 11.3 Å². The highest BCUT2D eigenvalue weighted by Crippen LogP contribution is 2.18. The second kappa shape index (κ2) is 12.2. The molecule has 0 aliphatic heterocycles. The number of carbonyl (C=O) groups excluding carboxylic acids is 1. The van der Waals surface area contributed by atoms with Crippen molar-refractivity contribution in [3.8, 4) is 6.07 Å². The molecule has 2 aromatic carbocycles. The number of amides is 1. The molecule has 6 heteroatoms. The maximum absolute atomic E-state index is 12.5. The van der Waals surface area contributed by atoms with Gasteiger partial charge in [0.15, 0.2) is 0 Å². The van der Waals surface area contributed by atoms with Crippen LogP contribution in [0.1, 0.15) is 73.7 Å². The number of aliphatic hydroxyl groups excluding tert-OH is 1. The Morgan fingerprint density at radius 2 is 1.94 bits per heavy atom. The average molecular weight is 437 g/mol. The Hall–Kier alpha value is -2.88. The van der Waals surface area contributed by atoms with Gasteiger partial charge in [0.25, 0.3) is 5.91 Å². The number of nitrogens with one attached hydrogen (secondary N) is 3. The first-order valence-electron chi connectivity index (χ1n) is 11.4. The van der Waals surface area contributed by atoms with E-state index in [-0.39, 0.29) is 11.4 Å². The molecule has 0 saturated heterocycles. The van der Waals surface area contributed by atoms with Crippen molar-refractivity contribution in [2.24, 2.45) is 0 Å². The van der Waals surface area contributed by atoms with Crippen molar-refractivity contribution in [1.82, 2.24) is 10.6 Å². The van der Waals surface area contributed by atoms with Crippen molar-refractivity contribution in [3.05, 3.63) is 64.7 Å². The van der Waals surface area contributed by atoms with Crippen LogP contribution in [0.3, 0.4) is 0 Å². The minimum absolute atomic E-state index is 0.170. The first-order chi connectivity index (χ1) is 15.3. The molecule has 172 valence electrons. The van der Waals surface area contributed by atoms with Gasteiger partial charge >= 0.3 is 0 Å². The lowest BCUT2D eigenvalue weighted by Gasteiger charge is -2.24. The summed E-state index contributed by atoms with van der Waals surface area (Å²) in [6.07, 6.45) is 1.89. The molecule has 0 bridgehead atoms. The van der Waals surface area contributed by atoms with Gasteiger partial charge in [-0.25, -0.2) is 0 Å². The fourth-order valence-electron chi connectivity index (χ4n) is 3.21. The number of hydrogen-bond acceptors (Lipinski definition) is 5. The van der Waals surface area contributed by atoms with E-state index >= 15 is 0 Å². The SMILES string of the molecule is CCCNc1cccc(C(O)CNCCc2ccc(C(=O)NC(C)(C)CC)cc2C#N)c1. The number of nitrogens with zero attached hydrogens (tertiary/aromatic N) is 1. The third kappa shape index (κ3) is 7.67. The van der Waals surface area contributed by atoms with Crippen molar-refractivity contribution in [2.75, 3.05) is 25.0 Å². The smallest absolute Gasteiger partial charge is 0.251 e. The first kappa shape index (κ1) is 25.4. The Labute approximate surface area is 192 Å². The molecule has 0 heterocycles. The van der Waals surface area contributed by atoms with Gasteiger partial charge in [0, 0.05) is 29.9 Å². The van der Waals surface area contributed by atoms with Crippen molar-refractivity contribution in [3.63, 3.8) is 0 Å².